The molecule has 1 aromatic rings. The molecule has 0 spiro atoms. The zero-order valence-corrected chi connectivity index (χ0v) is 11.2. The lowest BCUT2D eigenvalue weighted by Gasteiger charge is -2.04. The van der Waals surface area contributed by atoms with Crippen LogP contribution in [0.3, 0.4) is 0 Å². The van der Waals surface area contributed by atoms with Gasteiger partial charge in [-0.25, -0.2) is 4.79 Å². The van der Waals surface area contributed by atoms with Gasteiger partial charge in [0.05, 0.1) is 11.3 Å². The molecular weight excluding hydrogens is 306 g/mol. The summed E-state index contributed by atoms with van der Waals surface area (Å²) in [6.07, 6.45) is -0.753. The molecule has 0 aliphatic carbocycles. The first-order chi connectivity index (χ1) is 9.81. The molecule has 0 heterocycles. The Kier molecular flexibility index (Phi) is 5.61. The predicted octanol–water partition coefficient (Wildman–Crippen LogP) is 1.97. The highest BCUT2D eigenvalue weighted by molar-refractivity contribution is 6.36. The monoisotopic (exact) mass is 315 g/mol. The second kappa shape index (κ2) is 7.20. The number of nitrogens with zero attached hydrogens (tertiary/aromatic N) is 2. The molecule has 0 unspecified atom stereocenters. The van der Waals surface area contributed by atoms with Gasteiger partial charge in [-0.2, -0.15) is 5.10 Å². The van der Waals surface area contributed by atoms with E-state index in [1.54, 1.807) is 0 Å². The lowest BCUT2D eigenvalue weighted by atomic mass is 10.2. The molecule has 1 rings (SSSR count). The van der Waals surface area contributed by atoms with Crippen LogP contribution in [0.1, 0.15) is 12.8 Å². The van der Waals surface area contributed by atoms with Crippen LogP contribution in [-0.2, 0) is 9.59 Å². The lowest BCUT2D eigenvalue weighted by Crippen LogP contribution is -2.16. The number of nitrogens with one attached hydrogen (secondary N) is 1. The maximum atomic E-state index is 10.9. The summed E-state index contributed by atoms with van der Waals surface area (Å²) in [5.41, 5.74) is 1.33. The van der Waals surface area contributed by atoms with Crippen LogP contribution in [0.15, 0.2) is 23.3 Å². The van der Waals surface area contributed by atoms with Gasteiger partial charge in [-0.3, -0.25) is 20.3 Å². The largest absolute Gasteiger partial charge is 0.481 e. The fourth-order valence-corrected chi connectivity index (χ4v) is 1.49. The number of nitro benzene ring substituents is 1. The molecule has 0 aromatic heterocycles. The van der Waals surface area contributed by atoms with Crippen molar-refractivity contribution in [2.75, 3.05) is 5.43 Å². The molecule has 0 aliphatic rings. The van der Waals surface area contributed by atoms with E-state index in [9.17, 15) is 19.7 Å². The summed E-state index contributed by atoms with van der Waals surface area (Å²) < 4.78 is 0. The Morgan fingerprint density at radius 3 is 2.52 bits per heavy atom. The van der Waals surface area contributed by atoms with Crippen LogP contribution in [0.25, 0.3) is 0 Å². The number of aliphatic carboxylic acids is 2. The summed E-state index contributed by atoms with van der Waals surface area (Å²) in [4.78, 5) is 31.4. The van der Waals surface area contributed by atoms with Crippen LogP contribution >= 0.6 is 11.6 Å². The van der Waals surface area contributed by atoms with E-state index in [0.717, 1.165) is 6.07 Å². The second-order valence-corrected chi connectivity index (χ2v) is 4.22. The normalized spacial score (nSPS) is 11.0. The lowest BCUT2D eigenvalue weighted by molar-refractivity contribution is -0.384. The zero-order chi connectivity index (χ0) is 16.0. The third-order valence-electron chi connectivity index (χ3n) is 2.29. The Hall–Kier alpha value is -2.68. The van der Waals surface area contributed by atoms with Gasteiger partial charge in [0.2, 0.25) is 0 Å². The molecular formula is C11H10ClN3O6. The van der Waals surface area contributed by atoms with Crippen molar-refractivity contribution in [2.24, 2.45) is 5.10 Å². The molecule has 0 bridgehead atoms. The van der Waals surface area contributed by atoms with E-state index in [0.29, 0.717) is 0 Å². The van der Waals surface area contributed by atoms with Crippen molar-refractivity contribution in [3.8, 4) is 0 Å². The second-order valence-electron chi connectivity index (χ2n) is 3.79. The third kappa shape index (κ3) is 5.07. The highest BCUT2D eigenvalue weighted by atomic mass is 35.5. The van der Waals surface area contributed by atoms with Gasteiger partial charge in [-0.05, 0) is 12.1 Å². The van der Waals surface area contributed by atoms with E-state index in [4.69, 9.17) is 21.8 Å². The number of hydrogen-bond acceptors (Lipinski definition) is 6. The first-order valence-corrected chi connectivity index (χ1v) is 5.90. The van der Waals surface area contributed by atoms with Crippen molar-refractivity contribution in [1.29, 1.82) is 0 Å². The van der Waals surface area contributed by atoms with Gasteiger partial charge in [-0.15, -0.1) is 0 Å². The first-order valence-electron chi connectivity index (χ1n) is 5.53. The Bertz CT molecular complexity index is 616. The van der Waals surface area contributed by atoms with Crippen LogP contribution < -0.4 is 5.43 Å². The van der Waals surface area contributed by atoms with Crippen LogP contribution in [-0.4, -0.2) is 32.8 Å². The van der Waals surface area contributed by atoms with Gasteiger partial charge in [-0.1, -0.05) is 11.6 Å². The topological polar surface area (TPSA) is 142 Å². The van der Waals surface area contributed by atoms with Gasteiger partial charge in [0.25, 0.3) is 5.69 Å². The minimum atomic E-state index is -1.42. The molecule has 3 N–H and O–H groups in total. The molecule has 10 heteroatoms. The number of carbonyl (C=O) groups is 2. The van der Waals surface area contributed by atoms with Crippen molar-refractivity contribution >= 4 is 40.6 Å². The van der Waals surface area contributed by atoms with Gasteiger partial charge in [0.15, 0.2) is 0 Å². The number of carboxylic acid groups (broad SMARTS) is 2. The standard InChI is InChI=1S/C11H10ClN3O6/c12-6-1-3-9(15(20)21)8(5-6)14-13-7(11(18)19)2-4-10(16)17/h1,3,5,14H,2,4H2,(H,16,17)(H,18,19)/b13-7-. The van der Waals surface area contributed by atoms with Gasteiger partial charge < -0.3 is 10.2 Å². The Morgan fingerprint density at radius 1 is 1.33 bits per heavy atom. The molecule has 21 heavy (non-hydrogen) atoms. The SMILES string of the molecule is O=C(O)CC/C(=N/Nc1cc(Cl)ccc1[N+](=O)[O-])C(=O)O. The highest BCUT2D eigenvalue weighted by Gasteiger charge is 2.16. The molecule has 1 aromatic carbocycles. The predicted molar refractivity (Wildman–Crippen MR) is 73.7 cm³/mol. The minimum Gasteiger partial charge on any atom is -0.481 e. The Balaban J connectivity index is 2.99. The molecule has 0 fully saturated rings. The zero-order valence-electron chi connectivity index (χ0n) is 10.4. The van der Waals surface area contributed by atoms with E-state index in [1.807, 2.05) is 0 Å². The van der Waals surface area contributed by atoms with Crippen LogP contribution in [0.2, 0.25) is 5.02 Å². The minimum absolute atomic E-state index is 0.0958. The van der Waals surface area contributed by atoms with Gasteiger partial charge in [0, 0.05) is 17.5 Å². The molecule has 0 aliphatic heterocycles. The molecule has 0 amide bonds. The summed E-state index contributed by atoms with van der Waals surface area (Å²) in [5.74, 6) is -2.61. The van der Waals surface area contributed by atoms with Crippen molar-refractivity contribution in [3.05, 3.63) is 33.3 Å². The van der Waals surface area contributed by atoms with E-state index in [1.165, 1.54) is 12.1 Å². The van der Waals surface area contributed by atoms with Gasteiger partial charge >= 0.3 is 11.9 Å². The number of rotatable bonds is 7. The van der Waals surface area contributed by atoms with E-state index in [-0.39, 0.29) is 22.8 Å². The molecule has 9 nitrogen and oxygen atoms in total. The Morgan fingerprint density at radius 2 is 2.00 bits per heavy atom. The van der Waals surface area contributed by atoms with Crippen LogP contribution in [0.4, 0.5) is 11.4 Å². The first kappa shape index (κ1) is 16.4. The average molecular weight is 316 g/mol. The quantitative estimate of drug-likeness (QED) is 0.396. The fourth-order valence-electron chi connectivity index (χ4n) is 1.32. The number of carboxylic acids is 2. The number of hydrogen-bond donors (Lipinski definition) is 3. The summed E-state index contributed by atoms with van der Waals surface area (Å²) >= 11 is 5.70. The number of anilines is 1. The number of benzene rings is 1. The van der Waals surface area contributed by atoms with Crippen molar-refractivity contribution in [2.45, 2.75) is 12.8 Å². The molecule has 112 valence electrons. The molecule has 0 saturated heterocycles. The molecule has 0 radical (unpaired) electrons. The molecule has 0 atom stereocenters. The maximum Gasteiger partial charge on any atom is 0.352 e. The average Bonchev–Trinajstić information content (AvgIpc) is 2.37. The summed E-state index contributed by atoms with van der Waals surface area (Å²) in [7, 11) is 0. The summed E-state index contributed by atoms with van der Waals surface area (Å²) in [6.45, 7) is 0. The van der Waals surface area contributed by atoms with Crippen LogP contribution in [0.5, 0.6) is 0 Å². The van der Waals surface area contributed by atoms with Crippen LogP contribution in [0, 0.1) is 10.1 Å². The third-order valence-corrected chi connectivity index (χ3v) is 2.52. The fraction of sp³-hybridized carbons (Fsp3) is 0.182. The van der Waals surface area contributed by atoms with E-state index >= 15 is 0 Å². The van der Waals surface area contributed by atoms with E-state index in [2.05, 4.69) is 10.5 Å². The highest BCUT2D eigenvalue weighted by Crippen LogP contribution is 2.27. The Labute approximate surface area is 123 Å². The van der Waals surface area contributed by atoms with Crippen molar-refractivity contribution in [3.63, 3.8) is 0 Å². The van der Waals surface area contributed by atoms with Gasteiger partial charge in [0.1, 0.15) is 11.4 Å². The molecule has 0 saturated carbocycles. The smallest absolute Gasteiger partial charge is 0.352 e. The van der Waals surface area contributed by atoms with Crippen molar-refractivity contribution in [1.82, 2.24) is 0 Å². The van der Waals surface area contributed by atoms with E-state index < -0.39 is 29.0 Å². The maximum absolute atomic E-state index is 10.9. The number of hydrazone groups is 1. The number of halogens is 1. The van der Waals surface area contributed by atoms with Crippen molar-refractivity contribution < 1.29 is 24.7 Å². The summed E-state index contributed by atoms with van der Waals surface area (Å²) in [5, 5.41) is 31.9. The number of nitro groups is 1. The summed E-state index contributed by atoms with van der Waals surface area (Å²) in [6, 6.07) is 3.65.